The van der Waals surface area contributed by atoms with Crippen LogP contribution < -0.4 is 10.1 Å². The van der Waals surface area contributed by atoms with Gasteiger partial charge in [0.15, 0.2) is 0 Å². The molecular formula is C15H21F2NO. The minimum Gasteiger partial charge on any atom is -0.434 e. The smallest absolute Gasteiger partial charge is 0.387 e. The molecule has 2 nitrogen and oxygen atoms in total. The summed E-state index contributed by atoms with van der Waals surface area (Å²) in [6, 6.07) is 7.20. The van der Waals surface area contributed by atoms with Gasteiger partial charge in [0.1, 0.15) is 5.75 Å². The fraction of sp³-hybridized carbons (Fsp3) is 0.600. The van der Waals surface area contributed by atoms with E-state index in [2.05, 4.69) is 10.1 Å². The van der Waals surface area contributed by atoms with Crippen molar-refractivity contribution < 1.29 is 13.5 Å². The Morgan fingerprint density at radius 2 is 1.84 bits per heavy atom. The van der Waals surface area contributed by atoms with E-state index in [1.165, 1.54) is 19.3 Å². The molecule has 1 fully saturated rings. The van der Waals surface area contributed by atoms with E-state index in [0.29, 0.717) is 11.7 Å². The molecule has 0 saturated heterocycles. The lowest BCUT2D eigenvalue weighted by Gasteiger charge is -2.31. The van der Waals surface area contributed by atoms with Crippen LogP contribution in [0.3, 0.4) is 0 Å². The first-order valence-corrected chi connectivity index (χ1v) is 6.93. The van der Waals surface area contributed by atoms with Crippen molar-refractivity contribution in [1.29, 1.82) is 0 Å². The van der Waals surface area contributed by atoms with Crippen molar-refractivity contribution in [2.45, 2.75) is 44.8 Å². The largest absolute Gasteiger partial charge is 0.434 e. The Hall–Kier alpha value is -1.16. The lowest BCUT2D eigenvalue weighted by molar-refractivity contribution is -0.0509. The van der Waals surface area contributed by atoms with Gasteiger partial charge in [0, 0.05) is 11.6 Å². The van der Waals surface area contributed by atoms with E-state index in [-0.39, 0.29) is 6.04 Å². The average molecular weight is 269 g/mol. The third-order valence-electron chi connectivity index (χ3n) is 3.90. The SMILES string of the molecule is CNC(c1ccccc1OC(F)F)C1CCCCC1. The number of alkyl halides is 2. The summed E-state index contributed by atoms with van der Waals surface area (Å²) in [7, 11) is 1.89. The van der Waals surface area contributed by atoms with Gasteiger partial charge in [-0.15, -0.1) is 0 Å². The number of benzene rings is 1. The quantitative estimate of drug-likeness (QED) is 0.867. The number of nitrogens with one attached hydrogen (secondary N) is 1. The summed E-state index contributed by atoms with van der Waals surface area (Å²) in [5, 5.41) is 3.28. The van der Waals surface area contributed by atoms with E-state index in [1.807, 2.05) is 19.2 Å². The molecule has 0 amide bonds. The summed E-state index contributed by atoms with van der Waals surface area (Å²) in [6.07, 6.45) is 6.02. The average Bonchev–Trinajstić information content (AvgIpc) is 2.42. The zero-order valence-corrected chi connectivity index (χ0v) is 11.2. The van der Waals surface area contributed by atoms with E-state index in [0.717, 1.165) is 18.4 Å². The van der Waals surface area contributed by atoms with Crippen LogP contribution in [0.15, 0.2) is 24.3 Å². The fourth-order valence-electron chi connectivity index (χ4n) is 3.05. The zero-order chi connectivity index (χ0) is 13.7. The summed E-state index contributed by atoms with van der Waals surface area (Å²) < 4.78 is 29.6. The molecule has 0 aliphatic heterocycles. The number of rotatable bonds is 5. The summed E-state index contributed by atoms with van der Waals surface area (Å²) in [5.74, 6) is 0.795. The van der Waals surface area contributed by atoms with Crippen LogP contribution >= 0.6 is 0 Å². The van der Waals surface area contributed by atoms with Crippen LogP contribution in [0.4, 0.5) is 8.78 Å². The van der Waals surface area contributed by atoms with Crippen molar-refractivity contribution >= 4 is 0 Å². The van der Waals surface area contributed by atoms with Gasteiger partial charge in [0.25, 0.3) is 0 Å². The molecule has 0 aromatic heterocycles. The third-order valence-corrected chi connectivity index (χ3v) is 3.90. The fourth-order valence-corrected chi connectivity index (χ4v) is 3.05. The molecule has 1 N–H and O–H groups in total. The molecule has 19 heavy (non-hydrogen) atoms. The Morgan fingerprint density at radius 1 is 1.16 bits per heavy atom. The molecule has 2 rings (SSSR count). The van der Waals surface area contributed by atoms with Crippen molar-refractivity contribution in [3.05, 3.63) is 29.8 Å². The van der Waals surface area contributed by atoms with E-state index in [1.54, 1.807) is 12.1 Å². The van der Waals surface area contributed by atoms with Crippen molar-refractivity contribution in [2.24, 2.45) is 5.92 Å². The molecule has 1 unspecified atom stereocenters. The lowest BCUT2D eigenvalue weighted by Crippen LogP contribution is -2.27. The third kappa shape index (κ3) is 3.66. The second kappa shape index (κ2) is 6.85. The van der Waals surface area contributed by atoms with Crippen LogP contribution in [0.1, 0.15) is 43.7 Å². The van der Waals surface area contributed by atoms with Gasteiger partial charge in [-0.3, -0.25) is 0 Å². The van der Waals surface area contributed by atoms with Crippen LogP contribution in [0.2, 0.25) is 0 Å². The summed E-state index contributed by atoms with van der Waals surface area (Å²) in [6.45, 7) is -2.77. The maximum absolute atomic E-state index is 12.5. The van der Waals surface area contributed by atoms with E-state index in [4.69, 9.17) is 0 Å². The molecular weight excluding hydrogens is 248 g/mol. The van der Waals surface area contributed by atoms with Crippen LogP contribution in [-0.4, -0.2) is 13.7 Å². The van der Waals surface area contributed by atoms with E-state index < -0.39 is 6.61 Å². The van der Waals surface area contributed by atoms with E-state index in [9.17, 15) is 8.78 Å². The van der Waals surface area contributed by atoms with Gasteiger partial charge in [-0.1, -0.05) is 37.5 Å². The van der Waals surface area contributed by atoms with Crippen LogP contribution in [0.5, 0.6) is 5.75 Å². The van der Waals surface area contributed by atoms with Crippen molar-refractivity contribution in [3.8, 4) is 5.75 Å². The predicted octanol–water partition coefficient (Wildman–Crippen LogP) is 4.13. The molecule has 1 atom stereocenters. The van der Waals surface area contributed by atoms with Gasteiger partial charge in [-0.05, 0) is 31.9 Å². The molecule has 0 spiro atoms. The molecule has 4 heteroatoms. The highest BCUT2D eigenvalue weighted by Crippen LogP contribution is 2.37. The second-order valence-corrected chi connectivity index (χ2v) is 5.08. The van der Waals surface area contributed by atoms with Crippen molar-refractivity contribution in [2.75, 3.05) is 7.05 Å². The van der Waals surface area contributed by atoms with E-state index >= 15 is 0 Å². The molecule has 1 aliphatic carbocycles. The summed E-state index contributed by atoms with van der Waals surface area (Å²) >= 11 is 0. The highest BCUT2D eigenvalue weighted by atomic mass is 19.3. The van der Waals surface area contributed by atoms with Crippen LogP contribution in [0.25, 0.3) is 0 Å². The molecule has 106 valence electrons. The molecule has 0 radical (unpaired) electrons. The maximum Gasteiger partial charge on any atom is 0.387 e. The monoisotopic (exact) mass is 269 g/mol. The van der Waals surface area contributed by atoms with Gasteiger partial charge >= 0.3 is 6.61 Å². The molecule has 0 bridgehead atoms. The standard InChI is InChI=1S/C15H21F2NO/c1-18-14(11-7-3-2-4-8-11)12-9-5-6-10-13(12)19-15(16)17/h5-6,9-11,14-15,18H,2-4,7-8H2,1H3. The van der Waals surface area contributed by atoms with Crippen LogP contribution in [-0.2, 0) is 0 Å². The van der Waals surface area contributed by atoms with Gasteiger partial charge in [0.05, 0.1) is 0 Å². The molecule has 1 aliphatic rings. The Bertz CT molecular complexity index is 391. The zero-order valence-electron chi connectivity index (χ0n) is 11.2. The summed E-state index contributed by atoms with van der Waals surface area (Å²) in [5.41, 5.74) is 0.845. The number of hydrogen-bond donors (Lipinski definition) is 1. The second-order valence-electron chi connectivity index (χ2n) is 5.08. The van der Waals surface area contributed by atoms with Gasteiger partial charge in [0.2, 0.25) is 0 Å². The van der Waals surface area contributed by atoms with Gasteiger partial charge < -0.3 is 10.1 Å². The Morgan fingerprint density at radius 3 is 2.47 bits per heavy atom. The first kappa shape index (κ1) is 14.3. The topological polar surface area (TPSA) is 21.3 Å². The van der Waals surface area contributed by atoms with Gasteiger partial charge in [-0.2, -0.15) is 8.78 Å². The van der Waals surface area contributed by atoms with Crippen LogP contribution in [0, 0.1) is 5.92 Å². The molecule has 1 saturated carbocycles. The van der Waals surface area contributed by atoms with Crippen molar-refractivity contribution in [3.63, 3.8) is 0 Å². The highest BCUT2D eigenvalue weighted by molar-refractivity contribution is 5.36. The number of ether oxygens (including phenoxy) is 1. The predicted molar refractivity (Wildman–Crippen MR) is 71.4 cm³/mol. The lowest BCUT2D eigenvalue weighted by atomic mass is 9.81. The first-order chi connectivity index (χ1) is 9.22. The summed E-state index contributed by atoms with van der Waals surface area (Å²) in [4.78, 5) is 0. The molecule has 0 heterocycles. The first-order valence-electron chi connectivity index (χ1n) is 6.93. The minimum atomic E-state index is -2.77. The Labute approximate surface area is 113 Å². The minimum absolute atomic E-state index is 0.0928. The number of hydrogen-bond acceptors (Lipinski definition) is 2. The maximum atomic E-state index is 12.5. The Balaban J connectivity index is 2.21. The molecule has 1 aromatic rings. The van der Waals surface area contributed by atoms with Gasteiger partial charge in [-0.25, -0.2) is 0 Å². The number of para-hydroxylation sites is 1. The molecule has 1 aromatic carbocycles. The number of halogens is 2. The highest BCUT2D eigenvalue weighted by Gasteiger charge is 2.26. The normalized spacial score (nSPS) is 18.5. The van der Waals surface area contributed by atoms with Crippen molar-refractivity contribution in [1.82, 2.24) is 5.32 Å². The Kier molecular flexibility index (Phi) is 5.14.